The molecule has 0 spiro atoms. The molecule has 2 rings (SSSR count). The van der Waals surface area contributed by atoms with E-state index in [1.165, 1.54) is 0 Å². The van der Waals surface area contributed by atoms with Gasteiger partial charge in [0.1, 0.15) is 0 Å². The molecule has 15 heavy (non-hydrogen) atoms. The predicted molar refractivity (Wildman–Crippen MR) is 58.9 cm³/mol. The van der Waals surface area contributed by atoms with Gasteiger partial charge in [0.15, 0.2) is 0 Å². The zero-order valence-electron chi connectivity index (χ0n) is 7.86. The molecule has 1 N–H and O–H groups in total. The predicted octanol–water partition coefficient (Wildman–Crippen LogP) is 2.40. The molecule has 0 amide bonds. The van der Waals surface area contributed by atoms with Crippen molar-refractivity contribution in [2.45, 2.75) is 6.92 Å². The number of hydrogen-bond acceptors (Lipinski definition) is 3. The zero-order chi connectivity index (χ0) is 11.0. The van der Waals surface area contributed by atoms with Crippen LogP contribution in [-0.2, 0) is 0 Å². The maximum absolute atomic E-state index is 10.7. The summed E-state index contributed by atoms with van der Waals surface area (Å²) in [5.41, 5.74) is 1.31. The molecule has 0 unspecified atom stereocenters. The third-order valence-corrected chi connectivity index (χ3v) is 2.53. The highest BCUT2D eigenvalue weighted by Crippen LogP contribution is 2.20. The van der Waals surface area contributed by atoms with E-state index in [0.29, 0.717) is 11.2 Å². The Labute approximate surface area is 94.1 Å². The second-order valence-corrected chi connectivity index (χ2v) is 4.01. The molecule has 0 aliphatic heterocycles. The lowest BCUT2D eigenvalue weighted by molar-refractivity contribution is 0.0683. The first-order chi connectivity index (χ1) is 7.08. The van der Waals surface area contributed by atoms with Crippen LogP contribution in [0.5, 0.6) is 0 Å². The number of aromatic carboxylic acids is 1. The van der Waals surface area contributed by atoms with Crippen molar-refractivity contribution in [1.29, 1.82) is 0 Å². The maximum Gasteiger partial charge on any atom is 0.373 e. The second-order valence-electron chi connectivity index (χ2n) is 3.10. The van der Waals surface area contributed by atoms with Crippen LogP contribution in [0.15, 0.2) is 22.7 Å². The van der Waals surface area contributed by atoms with E-state index in [0.717, 1.165) is 9.86 Å². The molecule has 0 aliphatic rings. The lowest BCUT2D eigenvalue weighted by Gasteiger charge is -2.02. The number of nitrogens with zero attached hydrogens (tertiary/aromatic N) is 2. The van der Waals surface area contributed by atoms with Gasteiger partial charge in [-0.1, -0.05) is 15.9 Å². The number of rotatable bonds is 1. The summed E-state index contributed by atoms with van der Waals surface area (Å²) in [6.45, 7) is 1.77. The van der Waals surface area contributed by atoms with Crippen LogP contribution in [-0.4, -0.2) is 21.0 Å². The Morgan fingerprint density at radius 1 is 1.40 bits per heavy atom. The quantitative estimate of drug-likeness (QED) is 0.861. The fraction of sp³-hybridized carbons (Fsp3) is 0.100. The number of aryl methyl sites for hydroxylation is 1. The van der Waals surface area contributed by atoms with E-state index < -0.39 is 5.97 Å². The van der Waals surface area contributed by atoms with Crippen LogP contribution >= 0.6 is 15.9 Å². The third kappa shape index (κ3) is 1.83. The molecule has 5 heteroatoms. The number of aromatic nitrogens is 2. The summed E-state index contributed by atoms with van der Waals surface area (Å²) in [7, 11) is 0. The molecule has 0 bridgehead atoms. The van der Waals surface area contributed by atoms with Crippen molar-refractivity contribution in [3.05, 3.63) is 34.2 Å². The average molecular weight is 267 g/mol. The molecule has 0 saturated heterocycles. The van der Waals surface area contributed by atoms with Crippen LogP contribution in [0.1, 0.15) is 16.3 Å². The number of carboxylic acid groups (broad SMARTS) is 1. The maximum atomic E-state index is 10.7. The van der Waals surface area contributed by atoms with Gasteiger partial charge in [-0.05, 0) is 25.1 Å². The van der Waals surface area contributed by atoms with Crippen molar-refractivity contribution < 1.29 is 9.90 Å². The fourth-order valence-corrected chi connectivity index (χ4v) is 1.71. The fourth-order valence-electron chi connectivity index (χ4n) is 1.35. The van der Waals surface area contributed by atoms with E-state index in [1.807, 2.05) is 12.1 Å². The SMILES string of the molecule is Cc1nc(C(=O)O)nc2ccc(Br)cc12. The van der Waals surface area contributed by atoms with Gasteiger partial charge in [0.2, 0.25) is 5.82 Å². The van der Waals surface area contributed by atoms with E-state index >= 15 is 0 Å². The molecule has 76 valence electrons. The van der Waals surface area contributed by atoms with Crippen molar-refractivity contribution in [2.24, 2.45) is 0 Å². The summed E-state index contributed by atoms with van der Waals surface area (Å²) in [6, 6.07) is 5.46. The van der Waals surface area contributed by atoms with Gasteiger partial charge in [0, 0.05) is 15.6 Å². The van der Waals surface area contributed by atoms with Crippen molar-refractivity contribution in [3.8, 4) is 0 Å². The first-order valence-electron chi connectivity index (χ1n) is 4.25. The summed E-state index contributed by atoms with van der Waals surface area (Å²) < 4.78 is 0.921. The number of hydrogen-bond donors (Lipinski definition) is 1. The molecule has 0 radical (unpaired) electrons. The molecular formula is C10H7BrN2O2. The van der Waals surface area contributed by atoms with E-state index in [4.69, 9.17) is 5.11 Å². The van der Waals surface area contributed by atoms with Gasteiger partial charge in [-0.2, -0.15) is 0 Å². The number of halogens is 1. The molecule has 0 fully saturated rings. The summed E-state index contributed by atoms with van der Waals surface area (Å²) >= 11 is 3.34. The zero-order valence-corrected chi connectivity index (χ0v) is 9.45. The second kappa shape index (κ2) is 3.58. The van der Waals surface area contributed by atoms with Crippen molar-refractivity contribution in [3.63, 3.8) is 0 Å². The lowest BCUT2D eigenvalue weighted by Crippen LogP contribution is -2.05. The molecule has 4 nitrogen and oxygen atoms in total. The summed E-state index contributed by atoms with van der Waals surface area (Å²) in [6.07, 6.45) is 0. The Balaban J connectivity index is 2.78. The largest absolute Gasteiger partial charge is 0.475 e. The standard InChI is InChI=1S/C10H7BrN2O2/c1-5-7-4-6(11)2-3-8(7)13-9(12-5)10(14)15/h2-4H,1H3,(H,14,15). The highest BCUT2D eigenvalue weighted by molar-refractivity contribution is 9.10. The van der Waals surface area contributed by atoms with Gasteiger partial charge in [0.05, 0.1) is 5.52 Å². The number of carbonyl (C=O) groups is 1. The van der Waals surface area contributed by atoms with E-state index in [1.54, 1.807) is 13.0 Å². The Kier molecular flexibility index (Phi) is 2.40. The van der Waals surface area contributed by atoms with Crippen molar-refractivity contribution in [1.82, 2.24) is 9.97 Å². The minimum absolute atomic E-state index is 0.165. The number of fused-ring (bicyclic) bond motifs is 1. The Hall–Kier alpha value is -1.49. The molecule has 1 aromatic carbocycles. The third-order valence-electron chi connectivity index (χ3n) is 2.04. The molecule has 1 heterocycles. The molecule has 2 aromatic rings. The van der Waals surface area contributed by atoms with Gasteiger partial charge in [0.25, 0.3) is 0 Å². The highest BCUT2D eigenvalue weighted by Gasteiger charge is 2.10. The minimum Gasteiger partial charge on any atom is -0.475 e. The van der Waals surface area contributed by atoms with Gasteiger partial charge >= 0.3 is 5.97 Å². The van der Waals surface area contributed by atoms with Crippen molar-refractivity contribution in [2.75, 3.05) is 0 Å². The molecule has 0 saturated carbocycles. The Bertz CT molecular complexity index is 554. The first kappa shape index (κ1) is 10.0. The number of carboxylic acids is 1. The van der Waals surface area contributed by atoms with Crippen LogP contribution in [0.25, 0.3) is 10.9 Å². The average Bonchev–Trinajstić information content (AvgIpc) is 2.18. The van der Waals surface area contributed by atoms with Gasteiger partial charge < -0.3 is 5.11 Å². The van der Waals surface area contributed by atoms with Crippen LogP contribution in [0.3, 0.4) is 0 Å². The monoisotopic (exact) mass is 266 g/mol. The van der Waals surface area contributed by atoms with Gasteiger partial charge in [-0.3, -0.25) is 0 Å². The summed E-state index contributed by atoms with van der Waals surface area (Å²) in [5, 5.41) is 9.64. The minimum atomic E-state index is -1.11. The number of benzene rings is 1. The van der Waals surface area contributed by atoms with Crippen LogP contribution < -0.4 is 0 Å². The topological polar surface area (TPSA) is 63.1 Å². The first-order valence-corrected chi connectivity index (χ1v) is 5.04. The van der Waals surface area contributed by atoms with E-state index in [9.17, 15) is 4.79 Å². The summed E-state index contributed by atoms with van der Waals surface area (Å²) in [4.78, 5) is 18.6. The lowest BCUT2D eigenvalue weighted by atomic mass is 10.2. The molecule has 1 aromatic heterocycles. The molecule has 0 aliphatic carbocycles. The molecular weight excluding hydrogens is 260 g/mol. The van der Waals surface area contributed by atoms with Gasteiger partial charge in [-0.25, -0.2) is 14.8 Å². The van der Waals surface area contributed by atoms with E-state index in [2.05, 4.69) is 25.9 Å². The van der Waals surface area contributed by atoms with E-state index in [-0.39, 0.29) is 5.82 Å². The van der Waals surface area contributed by atoms with Crippen LogP contribution in [0, 0.1) is 6.92 Å². The Morgan fingerprint density at radius 3 is 2.80 bits per heavy atom. The molecule has 0 atom stereocenters. The smallest absolute Gasteiger partial charge is 0.373 e. The Morgan fingerprint density at radius 2 is 2.13 bits per heavy atom. The van der Waals surface area contributed by atoms with Crippen LogP contribution in [0.4, 0.5) is 0 Å². The normalized spacial score (nSPS) is 10.5. The highest BCUT2D eigenvalue weighted by atomic mass is 79.9. The van der Waals surface area contributed by atoms with Crippen molar-refractivity contribution >= 4 is 32.8 Å². The summed E-state index contributed by atoms with van der Waals surface area (Å²) in [5.74, 6) is -1.27. The van der Waals surface area contributed by atoms with Gasteiger partial charge in [-0.15, -0.1) is 0 Å². The van der Waals surface area contributed by atoms with Crippen LogP contribution in [0.2, 0.25) is 0 Å².